The highest BCUT2D eigenvalue weighted by molar-refractivity contribution is 6.35. The van der Waals surface area contributed by atoms with Crippen LogP contribution in [0.2, 0.25) is 10.0 Å². The Bertz CT molecular complexity index is 599. The minimum atomic E-state index is -0.386. The third-order valence-corrected chi connectivity index (χ3v) is 3.36. The summed E-state index contributed by atoms with van der Waals surface area (Å²) in [6.45, 7) is 1.93. The Kier molecular flexibility index (Phi) is 4.73. The minimum Gasteiger partial charge on any atom is -0.494 e. The van der Waals surface area contributed by atoms with Crippen molar-refractivity contribution in [3.63, 3.8) is 0 Å². The van der Waals surface area contributed by atoms with Gasteiger partial charge in [0.25, 0.3) is 0 Å². The molecule has 5 heteroatoms. The summed E-state index contributed by atoms with van der Waals surface area (Å²) in [5.41, 5.74) is 1.59. The van der Waals surface area contributed by atoms with Crippen LogP contribution in [-0.2, 0) is 0 Å². The van der Waals surface area contributed by atoms with Crippen LogP contribution in [0.4, 0.5) is 10.1 Å². The van der Waals surface area contributed by atoms with Gasteiger partial charge in [-0.1, -0.05) is 29.3 Å². The van der Waals surface area contributed by atoms with Gasteiger partial charge in [-0.2, -0.15) is 0 Å². The minimum absolute atomic E-state index is 0.0926. The molecule has 0 aliphatic carbocycles. The van der Waals surface area contributed by atoms with E-state index in [0.29, 0.717) is 10.0 Å². The number of nitrogens with one attached hydrogen (secondary N) is 1. The zero-order valence-electron chi connectivity index (χ0n) is 11.1. The van der Waals surface area contributed by atoms with Crippen molar-refractivity contribution < 1.29 is 9.13 Å². The summed E-state index contributed by atoms with van der Waals surface area (Å²) in [6, 6.07) is 9.96. The largest absolute Gasteiger partial charge is 0.494 e. The molecule has 0 saturated carbocycles. The van der Waals surface area contributed by atoms with E-state index in [2.05, 4.69) is 5.32 Å². The molecule has 2 aromatic rings. The highest BCUT2D eigenvalue weighted by Gasteiger charge is 2.10. The fourth-order valence-electron chi connectivity index (χ4n) is 1.92. The predicted octanol–water partition coefficient (Wildman–Crippen LogP) is 5.31. The van der Waals surface area contributed by atoms with Crippen LogP contribution in [0.25, 0.3) is 0 Å². The van der Waals surface area contributed by atoms with E-state index in [9.17, 15) is 4.39 Å². The van der Waals surface area contributed by atoms with Crippen molar-refractivity contribution in [1.29, 1.82) is 0 Å². The molecule has 2 rings (SSSR count). The van der Waals surface area contributed by atoms with Gasteiger partial charge in [0.2, 0.25) is 0 Å². The summed E-state index contributed by atoms with van der Waals surface area (Å²) in [7, 11) is 1.44. The van der Waals surface area contributed by atoms with E-state index in [1.165, 1.54) is 13.2 Å². The Morgan fingerprint density at radius 1 is 1.10 bits per heavy atom. The maximum Gasteiger partial charge on any atom is 0.165 e. The Hall–Kier alpha value is -1.45. The van der Waals surface area contributed by atoms with E-state index < -0.39 is 0 Å². The first kappa shape index (κ1) is 14.9. The first-order valence-electron chi connectivity index (χ1n) is 6.05. The van der Waals surface area contributed by atoms with Crippen LogP contribution in [0.3, 0.4) is 0 Å². The SMILES string of the molecule is COc1ccc(C(C)Nc2cc(Cl)cc(Cl)c2)cc1F. The van der Waals surface area contributed by atoms with E-state index in [1.807, 2.05) is 13.0 Å². The smallest absolute Gasteiger partial charge is 0.165 e. The van der Waals surface area contributed by atoms with Crippen LogP contribution in [0, 0.1) is 5.82 Å². The molecule has 0 bridgehead atoms. The van der Waals surface area contributed by atoms with Gasteiger partial charge in [-0.05, 0) is 42.8 Å². The highest BCUT2D eigenvalue weighted by atomic mass is 35.5. The van der Waals surface area contributed by atoms with E-state index in [1.54, 1.807) is 24.3 Å². The van der Waals surface area contributed by atoms with Crippen molar-refractivity contribution in [2.75, 3.05) is 12.4 Å². The monoisotopic (exact) mass is 313 g/mol. The summed E-state index contributed by atoms with van der Waals surface area (Å²) in [6.07, 6.45) is 0. The fraction of sp³-hybridized carbons (Fsp3) is 0.200. The molecule has 1 unspecified atom stereocenters. The topological polar surface area (TPSA) is 21.3 Å². The average Bonchev–Trinajstić information content (AvgIpc) is 2.37. The van der Waals surface area contributed by atoms with Gasteiger partial charge < -0.3 is 10.1 Å². The molecule has 1 atom stereocenters. The fourth-order valence-corrected chi connectivity index (χ4v) is 2.45. The van der Waals surface area contributed by atoms with E-state index in [-0.39, 0.29) is 17.6 Å². The van der Waals surface area contributed by atoms with Gasteiger partial charge in [0.1, 0.15) is 0 Å². The van der Waals surface area contributed by atoms with Gasteiger partial charge in [-0.3, -0.25) is 0 Å². The van der Waals surface area contributed by atoms with Gasteiger partial charge in [0, 0.05) is 21.8 Å². The molecule has 0 aliphatic heterocycles. The quantitative estimate of drug-likeness (QED) is 0.825. The molecule has 0 spiro atoms. The number of ether oxygens (including phenoxy) is 1. The van der Waals surface area contributed by atoms with Crippen LogP contribution in [-0.4, -0.2) is 7.11 Å². The second-order valence-corrected chi connectivity index (χ2v) is 5.29. The molecule has 0 radical (unpaired) electrons. The van der Waals surface area contributed by atoms with Crippen molar-refractivity contribution >= 4 is 28.9 Å². The average molecular weight is 314 g/mol. The second kappa shape index (κ2) is 6.33. The molecule has 106 valence electrons. The van der Waals surface area contributed by atoms with Crippen molar-refractivity contribution in [1.82, 2.24) is 0 Å². The molecule has 0 fully saturated rings. The molecule has 0 aromatic heterocycles. The normalized spacial score (nSPS) is 12.1. The van der Waals surface area contributed by atoms with Gasteiger partial charge in [-0.15, -0.1) is 0 Å². The Morgan fingerprint density at radius 3 is 2.30 bits per heavy atom. The van der Waals surface area contributed by atoms with Crippen LogP contribution in [0.15, 0.2) is 36.4 Å². The molecule has 1 N–H and O–H groups in total. The van der Waals surface area contributed by atoms with Gasteiger partial charge in [0.05, 0.1) is 7.11 Å². The van der Waals surface area contributed by atoms with Crippen molar-refractivity contribution in [3.05, 3.63) is 57.8 Å². The standard InChI is InChI=1S/C15H14Cl2FNO/c1-9(10-3-4-15(20-2)14(18)5-10)19-13-7-11(16)6-12(17)8-13/h3-9,19H,1-2H3. The zero-order chi connectivity index (χ0) is 14.7. The number of anilines is 1. The number of halogens is 3. The summed E-state index contributed by atoms with van der Waals surface area (Å²) in [5, 5.41) is 4.33. The van der Waals surface area contributed by atoms with E-state index in [4.69, 9.17) is 27.9 Å². The first-order valence-corrected chi connectivity index (χ1v) is 6.81. The molecular weight excluding hydrogens is 300 g/mol. The van der Waals surface area contributed by atoms with Crippen LogP contribution >= 0.6 is 23.2 Å². The van der Waals surface area contributed by atoms with Gasteiger partial charge >= 0.3 is 0 Å². The van der Waals surface area contributed by atoms with Crippen molar-refractivity contribution in [2.24, 2.45) is 0 Å². The lowest BCUT2D eigenvalue weighted by Crippen LogP contribution is -2.07. The third-order valence-electron chi connectivity index (χ3n) is 2.92. The van der Waals surface area contributed by atoms with Crippen LogP contribution < -0.4 is 10.1 Å². The Balaban J connectivity index is 2.19. The molecule has 20 heavy (non-hydrogen) atoms. The molecule has 0 saturated heterocycles. The van der Waals surface area contributed by atoms with Gasteiger partial charge in [-0.25, -0.2) is 4.39 Å². The van der Waals surface area contributed by atoms with Crippen LogP contribution in [0.1, 0.15) is 18.5 Å². The van der Waals surface area contributed by atoms with Crippen molar-refractivity contribution in [2.45, 2.75) is 13.0 Å². The lowest BCUT2D eigenvalue weighted by molar-refractivity contribution is 0.386. The molecule has 2 aromatic carbocycles. The maximum atomic E-state index is 13.7. The first-order chi connectivity index (χ1) is 9.49. The van der Waals surface area contributed by atoms with Gasteiger partial charge in [0.15, 0.2) is 11.6 Å². The number of hydrogen-bond donors (Lipinski definition) is 1. The van der Waals surface area contributed by atoms with Crippen LogP contribution in [0.5, 0.6) is 5.75 Å². The lowest BCUT2D eigenvalue weighted by atomic mass is 10.1. The molecule has 2 nitrogen and oxygen atoms in total. The Labute approximate surface area is 127 Å². The molecule has 0 aliphatic rings. The number of hydrogen-bond acceptors (Lipinski definition) is 2. The maximum absolute atomic E-state index is 13.7. The molecular formula is C15H14Cl2FNO. The summed E-state index contributed by atoms with van der Waals surface area (Å²) >= 11 is 11.9. The highest BCUT2D eigenvalue weighted by Crippen LogP contribution is 2.27. The van der Waals surface area contributed by atoms with E-state index >= 15 is 0 Å². The summed E-state index contributed by atoms with van der Waals surface area (Å²) in [4.78, 5) is 0. The molecule has 0 heterocycles. The zero-order valence-corrected chi connectivity index (χ0v) is 12.6. The second-order valence-electron chi connectivity index (χ2n) is 4.42. The number of benzene rings is 2. The third kappa shape index (κ3) is 3.56. The van der Waals surface area contributed by atoms with E-state index in [0.717, 1.165) is 11.3 Å². The summed E-state index contributed by atoms with van der Waals surface area (Å²) < 4.78 is 18.6. The number of rotatable bonds is 4. The Morgan fingerprint density at radius 2 is 1.75 bits per heavy atom. The van der Waals surface area contributed by atoms with Crippen molar-refractivity contribution in [3.8, 4) is 5.75 Å². The molecule has 0 amide bonds. The summed E-state index contributed by atoms with van der Waals surface area (Å²) in [5.74, 6) is -0.158. The predicted molar refractivity (Wildman–Crippen MR) is 81.5 cm³/mol. The number of methoxy groups -OCH3 is 1. The lowest BCUT2D eigenvalue weighted by Gasteiger charge is -2.17.